The number of aromatic nitrogens is 2. The molecule has 19 heavy (non-hydrogen) atoms. The molecule has 3 fully saturated rings. The van der Waals surface area contributed by atoms with Crippen LogP contribution in [0.2, 0.25) is 0 Å². The van der Waals surface area contributed by atoms with Gasteiger partial charge in [0.25, 0.3) is 0 Å². The molecule has 4 rings (SSSR count). The van der Waals surface area contributed by atoms with Crippen molar-refractivity contribution < 1.29 is 0 Å². The largest absolute Gasteiger partial charge is 0.373 e. The molecule has 2 atom stereocenters. The first kappa shape index (κ1) is 11.5. The summed E-state index contributed by atoms with van der Waals surface area (Å²) in [7, 11) is 1.90. The minimum Gasteiger partial charge on any atom is -0.373 e. The van der Waals surface area contributed by atoms with Crippen molar-refractivity contribution in [2.75, 3.05) is 43.4 Å². The fraction of sp³-hybridized carbons (Fsp3) is 0.714. The molecule has 5 nitrogen and oxygen atoms in total. The summed E-state index contributed by atoms with van der Waals surface area (Å²) >= 11 is 0. The summed E-state index contributed by atoms with van der Waals surface area (Å²) in [6, 6.07) is 2.07. The Labute approximate surface area is 113 Å². The molecule has 5 heteroatoms. The van der Waals surface area contributed by atoms with Crippen LogP contribution in [0.4, 0.5) is 11.6 Å². The third kappa shape index (κ3) is 1.45. The topological polar surface area (TPSA) is 53.1 Å². The molecule has 0 aromatic carbocycles. The van der Waals surface area contributed by atoms with Gasteiger partial charge in [0.2, 0.25) is 0 Å². The summed E-state index contributed by atoms with van der Waals surface area (Å²) in [5, 5.41) is 6.73. The lowest BCUT2D eigenvalue weighted by Crippen LogP contribution is -2.34. The Kier molecular flexibility index (Phi) is 2.31. The lowest BCUT2D eigenvalue weighted by molar-refractivity contribution is 0.212. The lowest BCUT2D eigenvalue weighted by atomic mass is 9.71. The number of hydrogen-bond donors (Lipinski definition) is 2. The van der Waals surface area contributed by atoms with E-state index in [1.54, 1.807) is 6.33 Å². The van der Waals surface area contributed by atoms with Crippen molar-refractivity contribution in [3.63, 3.8) is 0 Å². The smallest absolute Gasteiger partial charge is 0.134 e. The van der Waals surface area contributed by atoms with E-state index in [4.69, 9.17) is 0 Å². The number of nitrogens with one attached hydrogen (secondary N) is 2. The van der Waals surface area contributed by atoms with E-state index < -0.39 is 0 Å². The highest BCUT2D eigenvalue weighted by atomic mass is 15.3. The summed E-state index contributed by atoms with van der Waals surface area (Å²) in [5.74, 6) is 1.98. The van der Waals surface area contributed by atoms with Gasteiger partial charge in [-0.2, -0.15) is 0 Å². The van der Waals surface area contributed by atoms with E-state index >= 15 is 0 Å². The van der Waals surface area contributed by atoms with E-state index in [1.807, 2.05) is 7.05 Å². The van der Waals surface area contributed by atoms with Crippen molar-refractivity contribution in [1.82, 2.24) is 15.3 Å². The van der Waals surface area contributed by atoms with Gasteiger partial charge in [-0.25, -0.2) is 9.97 Å². The first-order valence-electron chi connectivity index (χ1n) is 7.23. The molecule has 2 unspecified atom stereocenters. The Morgan fingerprint density at radius 3 is 2.63 bits per heavy atom. The highest BCUT2D eigenvalue weighted by Gasteiger charge is 2.62. The van der Waals surface area contributed by atoms with Crippen molar-refractivity contribution >= 4 is 11.6 Å². The van der Waals surface area contributed by atoms with E-state index in [0.717, 1.165) is 24.7 Å². The molecule has 1 aliphatic carbocycles. The molecule has 3 heterocycles. The zero-order valence-electron chi connectivity index (χ0n) is 11.4. The minimum atomic E-state index is 0.498. The van der Waals surface area contributed by atoms with Crippen LogP contribution < -0.4 is 15.5 Å². The van der Waals surface area contributed by atoms with Gasteiger partial charge in [-0.05, 0) is 12.8 Å². The third-order valence-electron chi connectivity index (χ3n) is 5.58. The van der Waals surface area contributed by atoms with Crippen LogP contribution >= 0.6 is 0 Å². The Hall–Kier alpha value is -1.36. The molecule has 0 bridgehead atoms. The lowest BCUT2D eigenvalue weighted by Gasteiger charge is -2.30. The first-order chi connectivity index (χ1) is 9.27. The number of hydrogen-bond acceptors (Lipinski definition) is 5. The zero-order valence-corrected chi connectivity index (χ0v) is 11.4. The van der Waals surface area contributed by atoms with Gasteiger partial charge in [0, 0.05) is 50.1 Å². The molecule has 2 N–H and O–H groups in total. The van der Waals surface area contributed by atoms with Crippen LogP contribution in [0.5, 0.6) is 0 Å². The predicted octanol–water partition coefficient (Wildman–Crippen LogP) is 1.10. The molecule has 2 saturated heterocycles. The maximum absolute atomic E-state index is 4.47. The van der Waals surface area contributed by atoms with Crippen LogP contribution in [0.3, 0.4) is 0 Å². The number of nitrogens with zero attached hydrogens (tertiary/aromatic N) is 3. The Morgan fingerprint density at radius 2 is 1.95 bits per heavy atom. The summed E-state index contributed by atoms with van der Waals surface area (Å²) in [6.07, 6.45) is 5.82. The molecule has 102 valence electrons. The minimum absolute atomic E-state index is 0.498. The summed E-state index contributed by atoms with van der Waals surface area (Å²) in [6.45, 7) is 4.68. The summed E-state index contributed by atoms with van der Waals surface area (Å²) in [4.78, 5) is 11.2. The second-order valence-electron chi connectivity index (χ2n) is 6.39. The van der Waals surface area contributed by atoms with Gasteiger partial charge < -0.3 is 15.5 Å². The molecule has 1 aromatic rings. The summed E-state index contributed by atoms with van der Waals surface area (Å²) < 4.78 is 0. The fourth-order valence-corrected chi connectivity index (χ4v) is 4.60. The van der Waals surface area contributed by atoms with Crippen molar-refractivity contribution in [3.05, 3.63) is 12.4 Å². The zero-order chi connectivity index (χ0) is 12.9. The van der Waals surface area contributed by atoms with Crippen molar-refractivity contribution in [3.8, 4) is 0 Å². The first-order valence-corrected chi connectivity index (χ1v) is 7.23. The van der Waals surface area contributed by atoms with Gasteiger partial charge in [0.15, 0.2) is 0 Å². The Bertz CT molecular complexity index is 470. The van der Waals surface area contributed by atoms with Crippen LogP contribution in [0.1, 0.15) is 19.3 Å². The number of rotatable bonds is 2. The maximum Gasteiger partial charge on any atom is 0.134 e. The molecular formula is C14H21N5. The average molecular weight is 259 g/mol. The second kappa shape index (κ2) is 3.82. The van der Waals surface area contributed by atoms with Crippen LogP contribution in [0.25, 0.3) is 0 Å². The molecule has 0 spiro atoms. The average Bonchev–Trinajstić information content (AvgIpc) is 2.99. The molecular weight excluding hydrogens is 238 g/mol. The summed E-state index contributed by atoms with van der Waals surface area (Å²) in [5.41, 5.74) is 0.996. The van der Waals surface area contributed by atoms with E-state index in [-0.39, 0.29) is 0 Å². The molecule has 0 radical (unpaired) electrons. The fourth-order valence-electron chi connectivity index (χ4n) is 4.60. The Morgan fingerprint density at radius 1 is 1.21 bits per heavy atom. The second-order valence-corrected chi connectivity index (χ2v) is 6.39. The van der Waals surface area contributed by atoms with Crippen LogP contribution in [-0.2, 0) is 0 Å². The molecule has 0 amide bonds. The third-order valence-corrected chi connectivity index (χ3v) is 5.58. The maximum atomic E-state index is 4.47. The molecule has 1 aromatic heterocycles. The van der Waals surface area contributed by atoms with Gasteiger partial charge in [-0.3, -0.25) is 0 Å². The molecule has 3 aliphatic rings. The Balaban J connectivity index is 1.66. The predicted molar refractivity (Wildman–Crippen MR) is 75.4 cm³/mol. The normalized spacial score (nSPS) is 36.4. The van der Waals surface area contributed by atoms with Gasteiger partial charge in [0.05, 0.1) is 0 Å². The highest BCUT2D eigenvalue weighted by Crippen LogP contribution is 2.59. The molecule has 1 saturated carbocycles. The number of anilines is 2. The van der Waals surface area contributed by atoms with Crippen LogP contribution in [-0.4, -0.2) is 43.2 Å². The SMILES string of the molecule is CNc1cc(N2CC34CCCC3(CNC4)C2)ncn1. The van der Waals surface area contributed by atoms with Crippen LogP contribution in [0, 0.1) is 10.8 Å². The highest BCUT2D eigenvalue weighted by molar-refractivity contribution is 5.50. The van der Waals surface area contributed by atoms with Crippen molar-refractivity contribution in [1.29, 1.82) is 0 Å². The van der Waals surface area contributed by atoms with Crippen molar-refractivity contribution in [2.24, 2.45) is 10.8 Å². The molecule has 2 aliphatic heterocycles. The van der Waals surface area contributed by atoms with E-state index in [1.165, 1.54) is 32.4 Å². The monoisotopic (exact) mass is 259 g/mol. The van der Waals surface area contributed by atoms with E-state index in [9.17, 15) is 0 Å². The van der Waals surface area contributed by atoms with Gasteiger partial charge >= 0.3 is 0 Å². The van der Waals surface area contributed by atoms with E-state index in [2.05, 4.69) is 31.6 Å². The quantitative estimate of drug-likeness (QED) is 0.833. The standard InChI is InChI=1S/C14H21N5/c1-15-11-5-12(18-10-17-11)19-8-13-3-2-4-14(13,9-19)7-16-6-13/h5,10,16H,2-4,6-9H2,1H3,(H,15,17,18). The van der Waals surface area contributed by atoms with Gasteiger partial charge in [-0.15, -0.1) is 0 Å². The van der Waals surface area contributed by atoms with Crippen molar-refractivity contribution in [2.45, 2.75) is 19.3 Å². The van der Waals surface area contributed by atoms with Crippen LogP contribution in [0.15, 0.2) is 12.4 Å². The van der Waals surface area contributed by atoms with Gasteiger partial charge in [0.1, 0.15) is 18.0 Å². The van der Waals surface area contributed by atoms with E-state index in [0.29, 0.717) is 10.8 Å². The van der Waals surface area contributed by atoms with Gasteiger partial charge in [-0.1, -0.05) is 6.42 Å².